The highest BCUT2D eigenvalue weighted by Gasteiger charge is 2.14. The van der Waals surface area contributed by atoms with Crippen molar-refractivity contribution in [2.75, 3.05) is 0 Å². The number of carboxylic acid groups (broad SMARTS) is 1. The molecule has 5 heteroatoms. The van der Waals surface area contributed by atoms with Crippen molar-refractivity contribution in [3.05, 3.63) is 29.7 Å². The Labute approximate surface area is 92.7 Å². The minimum atomic E-state index is -0.797. The zero-order chi connectivity index (χ0) is 11.7. The van der Waals surface area contributed by atoms with Gasteiger partial charge in [-0.2, -0.15) is 5.10 Å². The molecule has 84 valence electrons. The molecule has 2 aromatic rings. The van der Waals surface area contributed by atoms with E-state index in [9.17, 15) is 4.79 Å². The average Bonchev–Trinajstić information content (AvgIpc) is 2.59. The van der Waals surface area contributed by atoms with Crippen molar-refractivity contribution in [3.63, 3.8) is 0 Å². The van der Waals surface area contributed by atoms with Crippen LogP contribution >= 0.6 is 0 Å². The van der Waals surface area contributed by atoms with E-state index in [0.717, 1.165) is 11.3 Å². The third-order valence-corrected chi connectivity index (χ3v) is 2.48. The van der Waals surface area contributed by atoms with Gasteiger partial charge in [0.05, 0.1) is 5.92 Å². The number of pyridine rings is 1. The van der Waals surface area contributed by atoms with Gasteiger partial charge in [0.25, 0.3) is 0 Å². The molecule has 2 heterocycles. The first-order valence-corrected chi connectivity index (χ1v) is 5.12. The summed E-state index contributed by atoms with van der Waals surface area (Å²) < 4.78 is 1.70. The summed E-state index contributed by atoms with van der Waals surface area (Å²) >= 11 is 0. The summed E-state index contributed by atoms with van der Waals surface area (Å²) in [5.41, 5.74) is 1.63. The highest BCUT2D eigenvalue weighted by atomic mass is 16.4. The van der Waals surface area contributed by atoms with Crippen LogP contribution < -0.4 is 0 Å². The molecule has 0 amide bonds. The number of rotatable bonds is 3. The molecule has 16 heavy (non-hydrogen) atoms. The summed E-state index contributed by atoms with van der Waals surface area (Å²) in [4.78, 5) is 15.0. The summed E-state index contributed by atoms with van der Waals surface area (Å²) in [6.45, 7) is 3.50. The standard InChI is InChI=1S/C11H13N3O2/c1-7(11(15)16)6-9-4-3-5-10-12-8(2)13-14(9)10/h3-5,7H,6H2,1-2H3,(H,15,16). The molecule has 2 rings (SSSR count). The van der Waals surface area contributed by atoms with E-state index in [1.54, 1.807) is 11.4 Å². The second-order valence-electron chi connectivity index (χ2n) is 3.89. The minimum Gasteiger partial charge on any atom is -0.481 e. The normalized spacial score (nSPS) is 12.9. The third-order valence-electron chi connectivity index (χ3n) is 2.48. The quantitative estimate of drug-likeness (QED) is 0.844. The highest BCUT2D eigenvalue weighted by Crippen LogP contribution is 2.11. The summed E-state index contributed by atoms with van der Waals surface area (Å²) in [6, 6.07) is 5.60. The Morgan fingerprint density at radius 2 is 2.31 bits per heavy atom. The first-order valence-electron chi connectivity index (χ1n) is 5.12. The fourth-order valence-electron chi connectivity index (χ4n) is 1.62. The van der Waals surface area contributed by atoms with Gasteiger partial charge in [0, 0.05) is 12.1 Å². The van der Waals surface area contributed by atoms with E-state index in [1.165, 1.54) is 0 Å². The molecule has 5 nitrogen and oxygen atoms in total. The Balaban J connectivity index is 2.40. The Hall–Kier alpha value is -1.91. The molecular weight excluding hydrogens is 206 g/mol. The maximum absolute atomic E-state index is 10.8. The predicted molar refractivity (Wildman–Crippen MR) is 58.2 cm³/mol. The molecule has 0 aliphatic rings. The summed E-state index contributed by atoms with van der Waals surface area (Å²) in [5, 5.41) is 13.1. The number of aliphatic carboxylic acids is 1. The van der Waals surface area contributed by atoms with E-state index in [0.29, 0.717) is 12.2 Å². The number of aromatic nitrogens is 3. The van der Waals surface area contributed by atoms with Gasteiger partial charge >= 0.3 is 5.97 Å². The minimum absolute atomic E-state index is 0.421. The van der Waals surface area contributed by atoms with Crippen molar-refractivity contribution >= 4 is 11.6 Å². The predicted octanol–water partition coefficient (Wildman–Crippen LogP) is 1.30. The Bertz CT molecular complexity index is 533. The van der Waals surface area contributed by atoms with Gasteiger partial charge in [0.15, 0.2) is 5.65 Å². The molecule has 0 fully saturated rings. The van der Waals surface area contributed by atoms with E-state index >= 15 is 0 Å². The number of hydrogen-bond donors (Lipinski definition) is 1. The van der Waals surface area contributed by atoms with Crippen LogP contribution in [0.4, 0.5) is 0 Å². The average molecular weight is 219 g/mol. The molecule has 1 unspecified atom stereocenters. The zero-order valence-electron chi connectivity index (χ0n) is 9.21. The molecule has 0 spiro atoms. The lowest BCUT2D eigenvalue weighted by molar-refractivity contribution is -0.141. The van der Waals surface area contributed by atoms with Gasteiger partial charge < -0.3 is 5.11 Å². The lowest BCUT2D eigenvalue weighted by atomic mass is 10.1. The maximum atomic E-state index is 10.8. The van der Waals surface area contributed by atoms with Crippen LogP contribution in [0.2, 0.25) is 0 Å². The van der Waals surface area contributed by atoms with Crippen molar-refractivity contribution in [1.29, 1.82) is 0 Å². The van der Waals surface area contributed by atoms with Gasteiger partial charge in [-0.25, -0.2) is 9.50 Å². The van der Waals surface area contributed by atoms with Crippen LogP contribution in [0, 0.1) is 12.8 Å². The molecule has 0 aromatic carbocycles. The van der Waals surface area contributed by atoms with Crippen molar-refractivity contribution in [2.24, 2.45) is 5.92 Å². The highest BCUT2D eigenvalue weighted by molar-refractivity contribution is 5.69. The maximum Gasteiger partial charge on any atom is 0.306 e. The molecular formula is C11H13N3O2. The number of hydrogen-bond acceptors (Lipinski definition) is 3. The Morgan fingerprint density at radius 3 is 3.00 bits per heavy atom. The monoisotopic (exact) mass is 219 g/mol. The SMILES string of the molecule is Cc1nc2cccc(CC(C)C(=O)O)n2n1. The zero-order valence-corrected chi connectivity index (χ0v) is 9.21. The van der Waals surface area contributed by atoms with Crippen molar-refractivity contribution < 1.29 is 9.90 Å². The largest absolute Gasteiger partial charge is 0.481 e. The molecule has 0 saturated heterocycles. The second-order valence-corrected chi connectivity index (χ2v) is 3.89. The van der Waals surface area contributed by atoms with Crippen molar-refractivity contribution in [2.45, 2.75) is 20.3 Å². The van der Waals surface area contributed by atoms with E-state index < -0.39 is 11.9 Å². The topological polar surface area (TPSA) is 67.5 Å². The lowest BCUT2D eigenvalue weighted by Gasteiger charge is -2.07. The summed E-state index contributed by atoms with van der Waals surface area (Å²) in [5.74, 6) is -0.528. The smallest absolute Gasteiger partial charge is 0.306 e. The third kappa shape index (κ3) is 1.88. The van der Waals surface area contributed by atoms with Gasteiger partial charge in [-0.1, -0.05) is 13.0 Å². The van der Waals surface area contributed by atoms with Crippen LogP contribution in [0.3, 0.4) is 0 Å². The van der Waals surface area contributed by atoms with E-state index in [4.69, 9.17) is 5.11 Å². The van der Waals surface area contributed by atoms with E-state index in [-0.39, 0.29) is 0 Å². The van der Waals surface area contributed by atoms with Crippen molar-refractivity contribution in [3.8, 4) is 0 Å². The first kappa shape index (κ1) is 10.6. The van der Waals surface area contributed by atoms with Gasteiger partial charge in [-0.05, 0) is 19.1 Å². The molecule has 0 bridgehead atoms. The molecule has 0 aliphatic heterocycles. The van der Waals surface area contributed by atoms with E-state index in [2.05, 4.69) is 10.1 Å². The van der Waals surface area contributed by atoms with Crippen LogP contribution in [-0.4, -0.2) is 25.7 Å². The fraction of sp³-hybridized carbons (Fsp3) is 0.364. The van der Waals surface area contributed by atoms with Gasteiger partial charge in [-0.15, -0.1) is 0 Å². The summed E-state index contributed by atoms with van der Waals surface area (Å²) in [6.07, 6.45) is 0.454. The number of fused-ring (bicyclic) bond motifs is 1. The van der Waals surface area contributed by atoms with Gasteiger partial charge in [0.2, 0.25) is 0 Å². The van der Waals surface area contributed by atoms with Crippen LogP contribution in [0.5, 0.6) is 0 Å². The fourth-order valence-corrected chi connectivity index (χ4v) is 1.62. The van der Waals surface area contributed by atoms with Crippen LogP contribution in [0.1, 0.15) is 18.4 Å². The number of carboxylic acids is 1. The molecule has 0 radical (unpaired) electrons. The second kappa shape index (κ2) is 3.92. The van der Waals surface area contributed by atoms with E-state index in [1.807, 2.05) is 25.1 Å². The summed E-state index contributed by atoms with van der Waals surface area (Å²) in [7, 11) is 0. The van der Waals surface area contributed by atoms with Crippen LogP contribution in [0.25, 0.3) is 5.65 Å². The Kier molecular flexibility index (Phi) is 2.60. The lowest BCUT2D eigenvalue weighted by Crippen LogP contribution is -2.14. The molecule has 0 saturated carbocycles. The molecule has 1 atom stereocenters. The molecule has 2 aromatic heterocycles. The van der Waals surface area contributed by atoms with Crippen molar-refractivity contribution in [1.82, 2.24) is 14.6 Å². The van der Waals surface area contributed by atoms with Crippen LogP contribution in [0.15, 0.2) is 18.2 Å². The number of aryl methyl sites for hydroxylation is 1. The Morgan fingerprint density at radius 1 is 1.56 bits per heavy atom. The van der Waals surface area contributed by atoms with Gasteiger partial charge in [-0.3, -0.25) is 4.79 Å². The molecule has 1 N–H and O–H groups in total. The van der Waals surface area contributed by atoms with Gasteiger partial charge in [0.1, 0.15) is 5.82 Å². The molecule has 0 aliphatic carbocycles. The first-order chi connectivity index (χ1) is 7.58. The number of nitrogens with zero attached hydrogens (tertiary/aromatic N) is 3. The van der Waals surface area contributed by atoms with Crippen LogP contribution in [-0.2, 0) is 11.2 Å². The number of carbonyl (C=O) groups is 1.